The number of furan rings is 1. The number of para-hydroxylation sites is 10. The Morgan fingerprint density at radius 3 is 1.37 bits per heavy atom. The summed E-state index contributed by atoms with van der Waals surface area (Å²) in [6.45, 7) is -0.409. The second-order valence-corrected chi connectivity index (χ2v) is 23.7. The molecule has 0 N–H and O–H groups in total. The summed E-state index contributed by atoms with van der Waals surface area (Å²) in [6, 6.07) is 110. The third kappa shape index (κ3) is 7.72. The monoisotopic (exact) mass is 1130 g/mol. The lowest BCUT2D eigenvalue weighted by Gasteiger charge is -2.44. The molecule has 9 heteroatoms. The highest BCUT2D eigenvalue weighted by atomic mass is 32.2. The van der Waals surface area contributed by atoms with E-state index in [-0.39, 0.29) is 13.4 Å². The third-order valence-corrected chi connectivity index (χ3v) is 19.1. The molecule has 0 amide bonds. The minimum absolute atomic E-state index is 0.175. The molecule has 87 heavy (non-hydrogen) atoms. The molecular formula is C78H50B2N4O2S. The Labute approximate surface area is 509 Å². The van der Waals surface area contributed by atoms with Gasteiger partial charge in [0.1, 0.15) is 22.7 Å². The fourth-order valence-corrected chi connectivity index (χ4v) is 15.7. The van der Waals surface area contributed by atoms with Gasteiger partial charge in [-0.25, -0.2) is 0 Å². The predicted molar refractivity (Wildman–Crippen MR) is 364 cm³/mol. The molecule has 406 valence electrons. The normalized spacial score (nSPS) is 13.0. The summed E-state index contributed by atoms with van der Waals surface area (Å²) in [7, 11) is 0. The van der Waals surface area contributed by atoms with Crippen molar-refractivity contribution in [2.75, 3.05) is 19.6 Å². The Balaban J connectivity index is 0.960. The van der Waals surface area contributed by atoms with E-state index >= 15 is 0 Å². The molecule has 0 atom stereocenters. The lowest BCUT2D eigenvalue weighted by Crippen LogP contribution is -2.63. The van der Waals surface area contributed by atoms with Crippen LogP contribution in [0.15, 0.2) is 318 Å². The predicted octanol–water partition coefficient (Wildman–Crippen LogP) is 17.4. The van der Waals surface area contributed by atoms with Gasteiger partial charge in [-0.1, -0.05) is 205 Å². The number of benzene rings is 13. The number of anilines is 12. The van der Waals surface area contributed by atoms with Gasteiger partial charge >= 0.3 is 0 Å². The Bertz CT molecular complexity index is 4700. The van der Waals surface area contributed by atoms with E-state index in [1.54, 1.807) is 0 Å². The Hall–Kier alpha value is -10.9. The van der Waals surface area contributed by atoms with Crippen molar-refractivity contribution >= 4 is 148 Å². The number of nitrogens with zero attached hydrogens (tertiary/aromatic N) is 4. The molecule has 0 bridgehead atoms. The van der Waals surface area contributed by atoms with E-state index in [9.17, 15) is 0 Å². The van der Waals surface area contributed by atoms with Crippen LogP contribution >= 0.6 is 11.8 Å². The van der Waals surface area contributed by atoms with Gasteiger partial charge in [-0.3, -0.25) is 0 Å². The SMILES string of the molecule is c1ccc(N(c2ccccc2)c2cc3c4c(c2)N(c2ccccc2)c2ccccc2B4c2cc4c(c(-c5cccc6c5oc5ccccc56)c2O3)Sc2cc(N(c3ccccc3)c3ccccc3)cc3c2B4c2ccccc2N3c2ccccc2)cc1. The van der Waals surface area contributed by atoms with E-state index in [1.165, 1.54) is 26.7 Å². The van der Waals surface area contributed by atoms with E-state index in [0.29, 0.717) is 0 Å². The van der Waals surface area contributed by atoms with Crippen molar-refractivity contribution in [3.63, 3.8) is 0 Å². The Morgan fingerprint density at radius 1 is 0.345 bits per heavy atom. The molecule has 0 aliphatic carbocycles. The van der Waals surface area contributed by atoms with Crippen molar-refractivity contribution in [1.82, 2.24) is 0 Å². The van der Waals surface area contributed by atoms with Crippen LogP contribution in [-0.4, -0.2) is 13.4 Å². The molecular weight excluding hydrogens is 1080 g/mol. The molecule has 4 aliphatic rings. The summed E-state index contributed by atoms with van der Waals surface area (Å²) in [5.74, 6) is 1.63. The zero-order chi connectivity index (χ0) is 57.1. The van der Waals surface area contributed by atoms with Gasteiger partial charge in [0.15, 0.2) is 0 Å². The highest BCUT2D eigenvalue weighted by molar-refractivity contribution is 8.00. The van der Waals surface area contributed by atoms with Crippen LogP contribution in [0.1, 0.15) is 0 Å². The molecule has 6 nitrogen and oxygen atoms in total. The summed E-state index contributed by atoms with van der Waals surface area (Å²) in [5.41, 5.74) is 23.8. The zero-order valence-corrected chi connectivity index (χ0v) is 47.9. The number of ether oxygens (including phenoxy) is 1. The first-order chi connectivity index (χ1) is 43.2. The maximum atomic E-state index is 8.05. The van der Waals surface area contributed by atoms with Crippen LogP contribution in [0.2, 0.25) is 0 Å². The van der Waals surface area contributed by atoms with Gasteiger partial charge < -0.3 is 28.8 Å². The van der Waals surface area contributed by atoms with Crippen LogP contribution in [0.4, 0.5) is 68.2 Å². The van der Waals surface area contributed by atoms with Crippen LogP contribution in [0.25, 0.3) is 33.1 Å². The van der Waals surface area contributed by atoms with Crippen molar-refractivity contribution in [3.8, 4) is 22.6 Å². The molecule has 0 saturated heterocycles. The van der Waals surface area contributed by atoms with Gasteiger partial charge in [-0.2, -0.15) is 0 Å². The van der Waals surface area contributed by atoms with Crippen molar-refractivity contribution < 1.29 is 9.15 Å². The third-order valence-electron chi connectivity index (χ3n) is 17.9. The summed E-state index contributed by atoms with van der Waals surface area (Å²) in [6.07, 6.45) is 0. The Kier molecular flexibility index (Phi) is 11.3. The second-order valence-electron chi connectivity index (χ2n) is 22.7. The van der Waals surface area contributed by atoms with E-state index in [1.807, 2.05) is 11.8 Å². The molecule has 18 rings (SSSR count). The molecule has 0 radical (unpaired) electrons. The number of hydrogen-bond donors (Lipinski definition) is 0. The highest BCUT2D eigenvalue weighted by Gasteiger charge is 2.48. The average molecular weight is 1130 g/mol. The minimum atomic E-state index is -0.233. The number of rotatable bonds is 9. The largest absolute Gasteiger partial charge is 0.458 e. The Morgan fingerprint density at radius 2 is 0.805 bits per heavy atom. The van der Waals surface area contributed by atoms with Crippen molar-refractivity contribution in [2.24, 2.45) is 0 Å². The maximum absolute atomic E-state index is 8.05. The molecule has 0 saturated carbocycles. The van der Waals surface area contributed by atoms with Crippen molar-refractivity contribution in [2.45, 2.75) is 9.79 Å². The fourth-order valence-electron chi connectivity index (χ4n) is 14.3. The van der Waals surface area contributed by atoms with Gasteiger partial charge in [0.25, 0.3) is 6.71 Å². The van der Waals surface area contributed by atoms with Crippen LogP contribution in [-0.2, 0) is 0 Å². The first-order valence-electron chi connectivity index (χ1n) is 29.7. The summed E-state index contributed by atoms with van der Waals surface area (Å²) in [4.78, 5) is 12.0. The highest BCUT2D eigenvalue weighted by Crippen LogP contribution is 2.53. The lowest BCUT2D eigenvalue weighted by atomic mass is 9.31. The van der Waals surface area contributed by atoms with E-state index in [2.05, 4.69) is 323 Å². The van der Waals surface area contributed by atoms with Crippen molar-refractivity contribution in [1.29, 1.82) is 0 Å². The van der Waals surface area contributed by atoms with Crippen LogP contribution < -0.4 is 57.1 Å². The smallest absolute Gasteiger partial charge is 0.256 e. The van der Waals surface area contributed by atoms with Gasteiger partial charge in [-0.15, -0.1) is 0 Å². The number of fused-ring (bicyclic) bond motifs is 11. The topological polar surface area (TPSA) is 35.3 Å². The zero-order valence-electron chi connectivity index (χ0n) is 47.0. The van der Waals surface area contributed by atoms with E-state index < -0.39 is 0 Å². The van der Waals surface area contributed by atoms with Crippen LogP contribution in [0.5, 0.6) is 11.5 Å². The maximum Gasteiger partial charge on any atom is 0.256 e. The molecule has 1 aromatic heterocycles. The second kappa shape index (κ2) is 19.9. The average Bonchev–Trinajstić information content (AvgIpc) is 0.896. The lowest BCUT2D eigenvalue weighted by molar-refractivity contribution is 0.488. The molecule has 0 fully saturated rings. The number of hydrogen-bond acceptors (Lipinski definition) is 7. The molecule has 13 aromatic carbocycles. The van der Waals surface area contributed by atoms with Gasteiger partial charge in [0.2, 0.25) is 6.71 Å². The quantitative estimate of drug-likeness (QED) is 0.133. The standard InChI is InChI=1S/C78H50B2N4O2S/c1-7-26-51(27-8-1)81(52-28-9-2-10-29-52)57-46-68-74-71(48-57)86-77-64(79(74)62-41-20-22-43-66(62)83(68)55-34-15-5-16-35-55)50-65-78(73(77)61-40-25-39-60-59-38-19-24-45-70(59)85-76(60)61)87-72-49-58(82(53-30-11-3-12-31-53)54-32-13-4-14-33-54)47-69-75(72)80(65)63-42-21-23-44-67(63)84(69)56-36-17-6-18-37-56/h1-50H. The van der Waals surface area contributed by atoms with E-state index in [4.69, 9.17) is 9.15 Å². The summed E-state index contributed by atoms with van der Waals surface area (Å²) >= 11 is 1.85. The van der Waals surface area contributed by atoms with Gasteiger partial charge in [0.05, 0.1) is 5.69 Å². The van der Waals surface area contributed by atoms with Gasteiger partial charge in [0, 0.05) is 100 Å². The summed E-state index contributed by atoms with van der Waals surface area (Å²) < 4.78 is 15.2. The van der Waals surface area contributed by atoms with E-state index in [0.717, 1.165) is 129 Å². The first-order valence-corrected chi connectivity index (χ1v) is 30.5. The summed E-state index contributed by atoms with van der Waals surface area (Å²) in [5, 5.41) is 2.14. The van der Waals surface area contributed by atoms with Crippen molar-refractivity contribution in [3.05, 3.63) is 303 Å². The minimum Gasteiger partial charge on any atom is -0.458 e. The van der Waals surface area contributed by atoms with Gasteiger partial charge in [-0.05, 0) is 137 Å². The first kappa shape index (κ1) is 49.6. The molecule has 14 aromatic rings. The molecule has 0 unspecified atom stereocenters. The molecule has 5 heterocycles. The molecule has 4 aliphatic heterocycles. The molecule has 0 spiro atoms. The van der Waals surface area contributed by atoms with Crippen LogP contribution in [0.3, 0.4) is 0 Å². The van der Waals surface area contributed by atoms with Crippen LogP contribution in [0, 0.1) is 0 Å². The fraction of sp³-hybridized carbons (Fsp3) is 0.